The van der Waals surface area contributed by atoms with Crippen LogP contribution >= 0.6 is 0 Å². The molecule has 1 atom stereocenters. The fourth-order valence-corrected chi connectivity index (χ4v) is 4.51. The summed E-state index contributed by atoms with van der Waals surface area (Å²) in [5.41, 5.74) is 6.49. The number of aromatic nitrogens is 1. The van der Waals surface area contributed by atoms with Gasteiger partial charge < -0.3 is 37.5 Å². The number of aliphatic hydroxyl groups is 1. The highest BCUT2D eigenvalue weighted by Gasteiger charge is 2.23. The minimum atomic E-state index is -0.731. The predicted octanol–water partition coefficient (Wildman–Crippen LogP) is 0.265. The molecule has 5 nitrogen and oxygen atoms in total. The summed E-state index contributed by atoms with van der Waals surface area (Å²) < 4.78 is 0. The Kier molecular flexibility index (Phi) is 7.01. The molecule has 160 valence electrons. The van der Waals surface area contributed by atoms with Crippen LogP contribution in [-0.2, 0) is 25.7 Å². The van der Waals surface area contributed by atoms with Crippen molar-refractivity contribution in [2.45, 2.75) is 51.7 Å². The Labute approximate surface area is 188 Å². The lowest BCUT2D eigenvalue weighted by atomic mass is 9.97. The number of halogens is 1. The number of H-pyrrole nitrogens is 1. The summed E-state index contributed by atoms with van der Waals surface area (Å²) in [4.78, 5) is 14.2. The number of rotatable bonds is 6. The van der Waals surface area contributed by atoms with E-state index >= 15 is 0 Å². The minimum Gasteiger partial charge on any atom is -1.00 e. The zero-order valence-corrected chi connectivity index (χ0v) is 18.9. The molecule has 0 saturated heterocycles. The smallest absolute Gasteiger partial charge is 1.00 e. The summed E-state index contributed by atoms with van der Waals surface area (Å²) in [5, 5.41) is 25.0. The van der Waals surface area contributed by atoms with Crippen LogP contribution in [0.3, 0.4) is 0 Å². The molecule has 1 aliphatic rings. The van der Waals surface area contributed by atoms with Gasteiger partial charge in [0.1, 0.15) is 5.75 Å². The van der Waals surface area contributed by atoms with Crippen LogP contribution in [0.4, 0.5) is 0 Å². The quantitative estimate of drug-likeness (QED) is 0.414. The van der Waals surface area contributed by atoms with Gasteiger partial charge in [-0.15, -0.1) is 0 Å². The van der Waals surface area contributed by atoms with E-state index in [1.165, 1.54) is 34.4 Å². The molecular weight excluding hydrogens is 444 g/mol. The van der Waals surface area contributed by atoms with Crippen molar-refractivity contribution >= 4 is 10.9 Å². The van der Waals surface area contributed by atoms with Gasteiger partial charge in [0, 0.05) is 24.0 Å². The van der Waals surface area contributed by atoms with Crippen LogP contribution in [0.25, 0.3) is 10.9 Å². The Hall–Kier alpha value is -2.15. The van der Waals surface area contributed by atoms with Crippen LogP contribution in [-0.4, -0.2) is 27.8 Å². The molecule has 0 amide bonds. The molecule has 0 fully saturated rings. The van der Waals surface area contributed by atoms with Crippen LogP contribution < -0.4 is 27.9 Å². The third-order valence-electron chi connectivity index (χ3n) is 6.08. The lowest BCUT2D eigenvalue weighted by Gasteiger charge is -2.18. The average Bonchev–Trinajstić information content (AvgIpc) is 3.13. The van der Waals surface area contributed by atoms with Gasteiger partial charge in [-0.05, 0) is 65.6 Å². The zero-order valence-electron chi connectivity index (χ0n) is 18.3. The molecule has 0 aliphatic heterocycles. The second-order valence-corrected chi connectivity index (χ2v) is 7.91. The van der Waals surface area contributed by atoms with Crippen molar-refractivity contribution in [1.82, 2.24) is 10.3 Å². The van der Waals surface area contributed by atoms with E-state index in [1.807, 2.05) is 0 Å². The summed E-state index contributed by atoms with van der Waals surface area (Å²) in [5.74, 6) is 0.00584. The van der Waals surface area contributed by atoms with Gasteiger partial charge in [0.15, 0.2) is 0 Å². The van der Waals surface area contributed by atoms with E-state index in [1.54, 1.807) is 12.1 Å². The number of aryl methyl sites for hydroxylation is 2. The molecule has 0 spiro atoms. The van der Waals surface area contributed by atoms with Gasteiger partial charge in [-0.1, -0.05) is 32.0 Å². The van der Waals surface area contributed by atoms with Crippen LogP contribution in [0.15, 0.2) is 41.2 Å². The fraction of sp³-hybridized carbons (Fsp3) is 0.375. The second kappa shape index (κ2) is 9.33. The maximum atomic E-state index is 11.6. The minimum absolute atomic E-state index is 0. The monoisotopic (exact) mass is 472 g/mol. The molecular formula is C24H29BrN2O3. The first-order valence-corrected chi connectivity index (χ1v) is 10.4. The highest BCUT2D eigenvalue weighted by Crippen LogP contribution is 2.30. The van der Waals surface area contributed by atoms with Gasteiger partial charge in [0.25, 0.3) is 0 Å². The van der Waals surface area contributed by atoms with Crippen molar-refractivity contribution in [2.75, 3.05) is 6.54 Å². The molecule has 4 rings (SSSR count). The molecule has 1 heterocycles. The first kappa shape index (κ1) is 22.5. The van der Waals surface area contributed by atoms with Crippen molar-refractivity contribution in [3.63, 3.8) is 0 Å². The van der Waals surface area contributed by atoms with E-state index in [2.05, 4.69) is 36.3 Å². The van der Waals surface area contributed by atoms with E-state index in [9.17, 15) is 15.0 Å². The third-order valence-corrected chi connectivity index (χ3v) is 6.08. The van der Waals surface area contributed by atoms with Crippen LogP contribution in [0.1, 0.15) is 49.2 Å². The lowest BCUT2D eigenvalue weighted by Crippen LogP contribution is -3.00. The standard InChI is InChI=1S/C24H28N2O3.BrH/c1-3-14-9-16-11-18(12-17(16)10-15(14)4-2)25-13-22(28)19-5-7-21(27)24-20(19)6-8-23(29)26-24;/h5-10,18,22,25,27-28H,3-4,11-13H2,1-2H3,(H,26,29);1H/t22-;/m0./s1. The normalized spacial score (nSPS) is 14.5. The molecule has 0 bridgehead atoms. The number of hydrogen-bond donors (Lipinski definition) is 4. The molecule has 2 aromatic carbocycles. The van der Waals surface area contributed by atoms with Crippen molar-refractivity contribution < 1.29 is 28.6 Å². The maximum Gasteiger partial charge on any atom is 1.00 e. The highest BCUT2D eigenvalue weighted by atomic mass is 79.9. The SMILES string of the molecule is CCc1cc2c(cc1CC)CC(NC[C@H](O)c1ccc(O)c3[nH]c(=O)ccc13)C2.[Br-].[H+]. The number of aromatic amines is 1. The van der Waals surface area contributed by atoms with Crippen molar-refractivity contribution in [1.29, 1.82) is 0 Å². The topological polar surface area (TPSA) is 85.3 Å². The number of nitrogens with one attached hydrogen (secondary N) is 2. The Bertz CT molecular complexity index is 1080. The van der Waals surface area contributed by atoms with Gasteiger partial charge in [-0.3, -0.25) is 4.79 Å². The molecule has 0 unspecified atom stereocenters. The first-order chi connectivity index (χ1) is 14.0. The number of aliphatic hydroxyl groups excluding tert-OH is 1. The molecule has 4 N–H and O–H groups in total. The van der Waals surface area contributed by atoms with Crippen LogP contribution in [0.2, 0.25) is 0 Å². The summed E-state index contributed by atoms with van der Waals surface area (Å²) in [6, 6.07) is 11.3. The van der Waals surface area contributed by atoms with Gasteiger partial charge in [0.05, 0.1) is 11.6 Å². The second-order valence-electron chi connectivity index (χ2n) is 7.91. The summed E-state index contributed by atoms with van der Waals surface area (Å²) in [6.45, 7) is 4.83. The summed E-state index contributed by atoms with van der Waals surface area (Å²) >= 11 is 0. The zero-order chi connectivity index (χ0) is 20.5. The number of benzene rings is 2. The number of hydrogen-bond acceptors (Lipinski definition) is 4. The number of phenolic OH excluding ortho intramolecular Hbond substituents is 1. The van der Waals surface area contributed by atoms with E-state index in [-0.39, 0.29) is 29.7 Å². The number of pyridine rings is 1. The summed E-state index contributed by atoms with van der Waals surface area (Å²) in [6.07, 6.45) is 3.34. The maximum absolute atomic E-state index is 11.6. The average molecular weight is 473 g/mol. The van der Waals surface area contributed by atoms with Crippen molar-refractivity contribution in [3.05, 3.63) is 74.6 Å². The molecule has 1 aliphatic carbocycles. The predicted molar refractivity (Wildman–Crippen MR) is 117 cm³/mol. The molecule has 0 radical (unpaired) electrons. The number of fused-ring (bicyclic) bond motifs is 2. The van der Waals surface area contributed by atoms with Crippen LogP contribution in [0.5, 0.6) is 5.75 Å². The van der Waals surface area contributed by atoms with Crippen molar-refractivity contribution in [2.24, 2.45) is 0 Å². The van der Waals surface area contributed by atoms with Gasteiger partial charge in [-0.2, -0.15) is 0 Å². The summed E-state index contributed by atoms with van der Waals surface area (Å²) in [7, 11) is 0. The number of aromatic hydroxyl groups is 1. The molecule has 30 heavy (non-hydrogen) atoms. The molecule has 6 heteroatoms. The van der Waals surface area contributed by atoms with E-state index < -0.39 is 6.10 Å². The highest BCUT2D eigenvalue weighted by molar-refractivity contribution is 5.87. The van der Waals surface area contributed by atoms with E-state index in [0.717, 1.165) is 25.7 Å². The van der Waals surface area contributed by atoms with E-state index in [4.69, 9.17) is 0 Å². The number of phenols is 1. The fourth-order valence-electron chi connectivity index (χ4n) is 4.51. The Morgan fingerprint density at radius 1 is 1.10 bits per heavy atom. The molecule has 0 saturated carbocycles. The Balaban J connectivity index is 0.00000171. The van der Waals surface area contributed by atoms with E-state index in [0.29, 0.717) is 29.1 Å². The van der Waals surface area contributed by atoms with Crippen LogP contribution in [0, 0.1) is 0 Å². The van der Waals surface area contributed by atoms with Gasteiger partial charge >= 0.3 is 1.43 Å². The largest absolute Gasteiger partial charge is 1.00 e. The van der Waals surface area contributed by atoms with Gasteiger partial charge in [0.2, 0.25) is 5.56 Å². The van der Waals surface area contributed by atoms with Gasteiger partial charge in [-0.25, -0.2) is 0 Å². The van der Waals surface area contributed by atoms with Crippen molar-refractivity contribution in [3.8, 4) is 5.75 Å². The first-order valence-electron chi connectivity index (χ1n) is 10.4. The Morgan fingerprint density at radius 3 is 2.33 bits per heavy atom. The molecule has 3 aromatic rings. The molecule has 1 aromatic heterocycles. The lowest BCUT2D eigenvalue weighted by molar-refractivity contribution is -0.00000867. The third kappa shape index (κ3) is 4.31. The Morgan fingerprint density at radius 2 is 1.73 bits per heavy atom.